The Labute approximate surface area is 89.8 Å². The van der Waals surface area contributed by atoms with E-state index in [0.29, 0.717) is 5.95 Å². The average molecular weight is 204 g/mol. The van der Waals surface area contributed by atoms with Gasteiger partial charge in [0.1, 0.15) is 0 Å². The van der Waals surface area contributed by atoms with Crippen LogP contribution in [0.5, 0.6) is 0 Å². The van der Waals surface area contributed by atoms with Crippen molar-refractivity contribution in [3.05, 3.63) is 30.1 Å². The predicted octanol–water partition coefficient (Wildman–Crippen LogP) is 1.20. The summed E-state index contributed by atoms with van der Waals surface area (Å²) in [5.74, 6) is 0.715. The zero-order valence-corrected chi connectivity index (χ0v) is 8.74. The minimum atomic E-state index is 0.715. The molecule has 1 aromatic rings. The van der Waals surface area contributed by atoms with Crippen molar-refractivity contribution in [1.29, 1.82) is 0 Å². The van der Waals surface area contributed by atoms with Crippen LogP contribution in [-0.4, -0.2) is 29.6 Å². The van der Waals surface area contributed by atoms with E-state index in [-0.39, 0.29) is 0 Å². The molecule has 0 saturated carbocycles. The molecule has 0 amide bonds. The molecule has 1 aromatic heterocycles. The molecular weight excluding hydrogens is 188 g/mol. The zero-order valence-electron chi connectivity index (χ0n) is 8.74. The lowest BCUT2D eigenvalue weighted by Crippen LogP contribution is -2.21. The van der Waals surface area contributed by atoms with Gasteiger partial charge in [0.05, 0.1) is 0 Å². The summed E-state index contributed by atoms with van der Waals surface area (Å²) in [6.07, 6.45) is 8.02. The van der Waals surface area contributed by atoms with Crippen LogP contribution in [0, 0.1) is 0 Å². The monoisotopic (exact) mass is 204 g/mol. The second-order valence-electron chi connectivity index (χ2n) is 3.57. The Balaban J connectivity index is 1.73. The summed E-state index contributed by atoms with van der Waals surface area (Å²) in [5.41, 5.74) is 1.53. The lowest BCUT2D eigenvalue weighted by molar-refractivity contribution is 0.683. The zero-order chi connectivity index (χ0) is 10.3. The Morgan fingerprint density at radius 3 is 2.93 bits per heavy atom. The van der Waals surface area contributed by atoms with Gasteiger partial charge < -0.3 is 10.6 Å². The highest BCUT2D eigenvalue weighted by Gasteiger charge is 2.02. The molecule has 1 aliphatic rings. The smallest absolute Gasteiger partial charge is 0.222 e. The third kappa shape index (κ3) is 3.32. The van der Waals surface area contributed by atoms with Crippen molar-refractivity contribution in [2.75, 3.05) is 25.0 Å². The third-order valence-corrected chi connectivity index (χ3v) is 2.45. The van der Waals surface area contributed by atoms with E-state index in [2.05, 4.69) is 26.7 Å². The summed E-state index contributed by atoms with van der Waals surface area (Å²) in [6.45, 7) is 3.03. The third-order valence-electron chi connectivity index (χ3n) is 2.45. The van der Waals surface area contributed by atoms with Gasteiger partial charge in [0.25, 0.3) is 0 Å². The van der Waals surface area contributed by atoms with Gasteiger partial charge in [-0.05, 0) is 25.5 Å². The minimum absolute atomic E-state index is 0.715. The molecule has 4 heteroatoms. The van der Waals surface area contributed by atoms with Crippen LogP contribution in [-0.2, 0) is 0 Å². The summed E-state index contributed by atoms with van der Waals surface area (Å²) in [6, 6.07) is 1.82. The van der Waals surface area contributed by atoms with E-state index >= 15 is 0 Å². The van der Waals surface area contributed by atoms with Crippen LogP contribution in [0.15, 0.2) is 30.1 Å². The van der Waals surface area contributed by atoms with Crippen molar-refractivity contribution >= 4 is 5.95 Å². The quantitative estimate of drug-likeness (QED) is 0.723. The van der Waals surface area contributed by atoms with Gasteiger partial charge in [-0.1, -0.05) is 11.6 Å². The van der Waals surface area contributed by atoms with Crippen molar-refractivity contribution in [3.63, 3.8) is 0 Å². The maximum absolute atomic E-state index is 4.11. The summed E-state index contributed by atoms with van der Waals surface area (Å²) < 4.78 is 0. The molecule has 0 fully saturated rings. The van der Waals surface area contributed by atoms with Gasteiger partial charge in [-0.3, -0.25) is 0 Å². The van der Waals surface area contributed by atoms with Crippen LogP contribution < -0.4 is 10.6 Å². The fraction of sp³-hybridized carbons (Fsp3) is 0.455. The van der Waals surface area contributed by atoms with Crippen LogP contribution in [0.4, 0.5) is 5.95 Å². The first-order valence-electron chi connectivity index (χ1n) is 5.34. The van der Waals surface area contributed by atoms with Gasteiger partial charge in [0.2, 0.25) is 5.95 Å². The highest BCUT2D eigenvalue weighted by Crippen LogP contribution is 2.08. The van der Waals surface area contributed by atoms with Gasteiger partial charge in [-0.25, -0.2) is 9.97 Å². The Kier molecular flexibility index (Phi) is 3.68. The van der Waals surface area contributed by atoms with E-state index in [0.717, 1.165) is 32.5 Å². The predicted molar refractivity (Wildman–Crippen MR) is 60.7 cm³/mol. The van der Waals surface area contributed by atoms with Crippen molar-refractivity contribution in [1.82, 2.24) is 15.3 Å². The molecule has 15 heavy (non-hydrogen) atoms. The molecule has 80 valence electrons. The number of aromatic nitrogens is 2. The van der Waals surface area contributed by atoms with Crippen LogP contribution in [0.25, 0.3) is 0 Å². The molecule has 2 heterocycles. The molecule has 0 unspecified atom stereocenters. The largest absolute Gasteiger partial charge is 0.354 e. The molecular formula is C11H16N4. The maximum atomic E-state index is 4.11. The van der Waals surface area contributed by atoms with Crippen molar-refractivity contribution in [2.24, 2.45) is 0 Å². The fourth-order valence-electron chi connectivity index (χ4n) is 1.62. The lowest BCUT2D eigenvalue weighted by Gasteiger charge is -2.13. The molecule has 1 aliphatic heterocycles. The lowest BCUT2D eigenvalue weighted by atomic mass is 10.1. The van der Waals surface area contributed by atoms with Crippen molar-refractivity contribution < 1.29 is 0 Å². The highest BCUT2D eigenvalue weighted by molar-refractivity contribution is 5.22. The summed E-state index contributed by atoms with van der Waals surface area (Å²) >= 11 is 0. The first-order valence-corrected chi connectivity index (χ1v) is 5.34. The van der Waals surface area contributed by atoms with E-state index in [4.69, 9.17) is 0 Å². The molecule has 0 saturated heterocycles. The molecule has 0 bridgehead atoms. The maximum Gasteiger partial charge on any atom is 0.222 e. The average Bonchev–Trinajstić information content (AvgIpc) is 2.32. The van der Waals surface area contributed by atoms with Crippen molar-refractivity contribution in [2.45, 2.75) is 12.8 Å². The van der Waals surface area contributed by atoms with Crippen LogP contribution >= 0.6 is 0 Å². The minimum Gasteiger partial charge on any atom is -0.354 e. The molecule has 2 rings (SSSR count). The topological polar surface area (TPSA) is 49.8 Å². The second-order valence-corrected chi connectivity index (χ2v) is 3.57. The van der Waals surface area contributed by atoms with Crippen molar-refractivity contribution in [3.8, 4) is 0 Å². The van der Waals surface area contributed by atoms with Gasteiger partial charge in [-0.2, -0.15) is 0 Å². The van der Waals surface area contributed by atoms with Gasteiger partial charge in [-0.15, -0.1) is 0 Å². The number of nitrogens with one attached hydrogen (secondary N) is 2. The molecule has 0 aliphatic carbocycles. The standard InChI is InChI=1S/C11H16N4/c1-5-13-11(14-6-1)15-9-4-10-2-7-12-8-3-10/h1-2,5-6,12H,3-4,7-9H2,(H,13,14,15). The number of anilines is 1. The first-order chi connectivity index (χ1) is 7.45. The SMILES string of the molecule is C1=C(CCNc2ncccn2)CCNC1. The Morgan fingerprint density at radius 1 is 1.33 bits per heavy atom. The molecule has 0 spiro atoms. The summed E-state index contributed by atoms with van der Waals surface area (Å²) in [7, 11) is 0. The summed E-state index contributed by atoms with van der Waals surface area (Å²) in [4.78, 5) is 8.21. The molecule has 0 aromatic carbocycles. The van der Waals surface area contributed by atoms with Crippen LogP contribution in [0.1, 0.15) is 12.8 Å². The first kappa shape index (κ1) is 10.1. The fourth-order valence-corrected chi connectivity index (χ4v) is 1.62. The molecule has 0 atom stereocenters. The number of rotatable bonds is 4. The van der Waals surface area contributed by atoms with E-state index in [1.807, 2.05) is 6.07 Å². The normalized spacial score (nSPS) is 15.9. The molecule has 0 radical (unpaired) electrons. The molecule has 2 N–H and O–H groups in total. The van der Waals surface area contributed by atoms with E-state index in [1.165, 1.54) is 5.57 Å². The van der Waals surface area contributed by atoms with Gasteiger partial charge in [0, 0.05) is 25.5 Å². The Bertz CT molecular complexity index is 321. The van der Waals surface area contributed by atoms with Gasteiger partial charge >= 0.3 is 0 Å². The second kappa shape index (κ2) is 5.46. The van der Waals surface area contributed by atoms with E-state index in [9.17, 15) is 0 Å². The summed E-state index contributed by atoms with van der Waals surface area (Å²) in [5, 5.41) is 6.51. The number of hydrogen-bond donors (Lipinski definition) is 2. The van der Waals surface area contributed by atoms with E-state index < -0.39 is 0 Å². The highest BCUT2D eigenvalue weighted by atomic mass is 15.1. The Hall–Kier alpha value is -1.42. The molecule has 4 nitrogen and oxygen atoms in total. The van der Waals surface area contributed by atoms with Gasteiger partial charge in [0.15, 0.2) is 0 Å². The van der Waals surface area contributed by atoms with Crippen LogP contribution in [0.2, 0.25) is 0 Å². The van der Waals surface area contributed by atoms with Crippen LogP contribution in [0.3, 0.4) is 0 Å². The number of hydrogen-bond acceptors (Lipinski definition) is 4. The van der Waals surface area contributed by atoms with E-state index in [1.54, 1.807) is 12.4 Å². The Morgan fingerprint density at radius 2 is 2.20 bits per heavy atom. The number of nitrogens with zero attached hydrogens (tertiary/aromatic N) is 2.